The highest BCUT2D eigenvalue weighted by Crippen LogP contribution is 2.38. The summed E-state index contributed by atoms with van der Waals surface area (Å²) < 4.78 is 15.3. The predicted octanol–water partition coefficient (Wildman–Crippen LogP) is 3.77. The Kier molecular flexibility index (Phi) is 7.88. The number of carbonyl (C=O) groups excluding carboxylic acids is 5. The van der Waals surface area contributed by atoms with E-state index in [-0.39, 0.29) is 48.7 Å². The molecule has 5 aliphatic rings. The van der Waals surface area contributed by atoms with Gasteiger partial charge in [0, 0.05) is 78.6 Å². The fourth-order valence-electron chi connectivity index (χ4n) is 8.40. The van der Waals surface area contributed by atoms with Crippen molar-refractivity contribution in [2.75, 3.05) is 29.9 Å². The zero-order valence-electron chi connectivity index (χ0n) is 28.0. The lowest BCUT2D eigenvalue weighted by Gasteiger charge is -2.35. The number of hydrogen-bond donors (Lipinski definition) is 2. The van der Waals surface area contributed by atoms with Crippen molar-refractivity contribution in [1.29, 1.82) is 0 Å². The molecule has 264 valence electrons. The summed E-state index contributed by atoms with van der Waals surface area (Å²) in [5.41, 5.74) is 5.74. The van der Waals surface area contributed by atoms with Crippen molar-refractivity contribution in [2.24, 2.45) is 0 Å². The van der Waals surface area contributed by atoms with Gasteiger partial charge in [0.05, 0.1) is 6.54 Å². The van der Waals surface area contributed by atoms with Crippen LogP contribution in [0.15, 0.2) is 66.2 Å². The molecule has 2 bridgehead atoms. The van der Waals surface area contributed by atoms with Crippen molar-refractivity contribution in [1.82, 2.24) is 25.0 Å². The van der Waals surface area contributed by atoms with Crippen molar-refractivity contribution in [3.8, 4) is 11.1 Å². The van der Waals surface area contributed by atoms with Crippen LogP contribution in [0.3, 0.4) is 0 Å². The van der Waals surface area contributed by atoms with E-state index in [0.717, 1.165) is 48.4 Å². The summed E-state index contributed by atoms with van der Waals surface area (Å²) in [7, 11) is 0. The first-order valence-electron chi connectivity index (χ1n) is 17.4. The smallest absolute Gasteiger partial charge is 0.255 e. The Balaban J connectivity index is 0.823. The molecule has 3 fully saturated rings. The number of amides is 5. The third-order valence-corrected chi connectivity index (χ3v) is 11.6. The molecule has 1 unspecified atom stereocenters. The minimum atomic E-state index is -0.624. The van der Waals surface area contributed by atoms with Gasteiger partial charge < -0.3 is 20.0 Å². The van der Waals surface area contributed by atoms with Crippen LogP contribution in [-0.4, -0.2) is 87.0 Å². The zero-order valence-corrected chi connectivity index (χ0v) is 28.8. The largest absolute Gasteiger partial charge is 0.366 e. The van der Waals surface area contributed by atoms with Crippen LogP contribution < -0.4 is 15.5 Å². The molecule has 0 spiro atoms. The average Bonchev–Trinajstić information content (AvgIpc) is 3.97. The number of piperazine rings is 1. The summed E-state index contributed by atoms with van der Waals surface area (Å²) in [6.07, 6.45) is 3.20. The van der Waals surface area contributed by atoms with Gasteiger partial charge in [-0.1, -0.05) is 24.3 Å². The Labute approximate surface area is 302 Å². The highest BCUT2D eigenvalue weighted by atomic mass is 32.1. The van der Waals surface area contributed by atoms with Crippen molar-refractivity contribution in [3.63, 3.8) is 0 Å². The molecule has 0 radical (unpaired) electrons. The van der Waals surface area contributed by atoms with Crippen LogP contribution in [-0.2, 0) is 34.0 Å². The second-order valence-electron chi connectivity index (χ2n) is 14.1. The maximum absolute atomic E-state index is 15.3. The lowest BCUT2D eigenvalue weighted by atomic mass is 9.99. The standard InChI is InChI=1S/C38H34FN7O5S/c39-31-13-23(12-29-30(31)19-44(36(29)50)20-34(48)42-38-40-9-10-52-38)22-2-4-25(5-3-22)45-18-26-14-27(45)17-43(26)15-21-1-6-28-24(11-21)16-46(37(28)51)32-7-8-33(47)41-35(32)49/h1-6,9-13,26-27,32H,7-8,14-20H2,(H,40,42,48)(H,41,47,49)/t26-,27-,32?/m0/s1. The second kappa shape index (κ2) is 12.6. The van der Waals surface area contributed by atoms with Crippen LogP contribution in [0.1, 0.15) is 56.7 Å². The molecule has 3 saturated heterocycles. The molecular weight excluding hydrogens is 686 g/mol. The molecule has 5 aliphatic heterocycles. The molecule has 6 heterocycles. The number of anilines is 2. The van der Waals surface area contributed by atoms with Gasteiger partial charge in [0.15, 0.2) is 5.13 Å². The van der Waals surface area contributed by atoms with Crippen LogP contribution in [0.25, 0.3) is 11.1 Å². The first-order chi connectivity index (χ1) is 25.2. The number of rotatable bonds is 8. The van der Waals surface area contributed by atoms with E-state index in [9.17, 15) is 24.0 Å². The lowest BCUT2D eigenvalue weighted by Crippen LogP contribution is -2.52. The monoisotopic (exact) mass is 719 g/mol. The number of nitrogens with zero attached hydrogens (tertiary/aromatic N) is 5. The molecule has 4 aromatic rings. The number of carbonyl (C=O) groups is 5. The number of likely N-dealkylation sites (tertiary alicyclic amines) is 1. The van der Waals surface area contributed by atoms with Gasteiger partial charge in [-0.2, -0.15) is 0 Å². The van der Waals surface area contributed by atoms with Crippen LogP contribution in [0.2, 0.25) is 0 Å². The predicted molar refractivity (Wildman–Crippen MR) is 190 cm³/mol. The van der Waals surface area contributed by atoms with E-state index in [1.54, 1.807) is 22.5 Å². The van der Waals surface area contributed by atoms with E-state index in [1.165, 1.54) is 22.3 Å². The van der Waals surface area contributed by atoms with Gasteiger partial charge in [0.1, 0.15) is 18.4 Å². The fraction of sp³-hybridized carbons (Fsp3) is 0.316. The normalized spacial score (nSPS) is 22.3. The van der Waals surface area contributed by atoms with Crippen LogP contribution in [0.5, 0.6) is 0 Å². The van der Waals surface area contributed by atoms with Crippen molar-refractivity contribution in [2.45, 2.75) is 57.0 Å². The van der Waals surface area contributed by atoms with E-state index in [1.807, 2.05) is 36.4 Å². The minimum absolute atomic E-state index is 0.0361. The second-order valence-corrected chi connectivity index (χ2v) is 15.0. The summed E-state index contributed by atoms with van der Waals surface area (Å²) in [5, 5.41) is 7.21. The van der Waals surface area contributed by atoms with E-state index < -0.39 is 17.8 Å². The molecule has 2 N–H and O–H groups in total. The maximum atomic E-state index is 15.3. The Hall–Kier alpha value is -5.47. The number of nitrogens with one attached hydrogen (secondary N) is 2. The summed E-state index contributed by atoms with van der Waals surface area (Å²) in [4.78, 5) is 74.7. The van der Waals surface area contributed by atoms with Gasteiger partial charge in [-0.15, -0.1) is 11.3 Å². The van der Waals surface area contributed by atoms with Crippen LogP contribution in [0.4, 0.5) is 15.2 Å². The highest BCUT2D eigenvalue weighted by molar-refractivity contribution is 7.13. The Bertz CT molecular complexity index is 2160. The Morgan fingerprint density at radius 1 is 0.923 bits per heavy atom. The molecule has 3 atom stereocenters. The third kappa shape index (κ3) is 5.71. The number of fused-ring (bicyclic) bond motifs is 4. The first kappa shape index (κ1) is 32.4. The topological polar surface area (TPSA) is 135 Å². The average molecular weight is 720 g/mol. The minimum Gasteiger partial charge on any atom is -0.366 e. The lowest BCUT2D eigenvalue weighted by molar-refractivity contribution is -0.137. The summed E-state index contributed by atoms with van der Waals surface area (Å²) in [6, 6.07) is 17.2. The first-order valence-corrected chi connectivity index (χ1v) is 18.2. The molecule has 14 heteroatoms. The van der Waals surface area contributed by atoms with E-state index >= 15 is 4.39 Å². The van der Waals surface area contributed by atoms with Crippen molar-refractivity contribution in [3.05, 3.63) is 99.8 Å². The van der Waals surface area contributed by atoms with E-state index in [4.69, 9.17) is 0 Å². The van der Waals surface area contributed by atoms with Crippen LogP contribution in [0, 0.1) is 5.82 Å². The third-order valence-electron chi connectivity index (χ3n) is 10.9. The number of hydrogen-bond acceptors (Lipinski definition) is 9. The summed E-state index contributed by atoms with van der Waals surface area (Å²) in [6.45, 7) is 2.76. The highest BCUT2D eigenvalue weighted by Gasteiger charge is 2.44. The van der Waals surface area contributed by atoms with Crippen molar-refractivity contribution >= 4 is 51.7 Å². The van der Waals surface area contributed by atoms with Gasteiger partial charge in [-0.3, -0.25) is 34.2 Å². The zero-order chi connectivity index (χ0) is 35.7. The van der Waals surface area contributed by atoms with Gasteiger partial charge >= 0.3 is 0 Å². The quantitative estimate of drug-likeness (QED) is 0.263. The molecule has 5 amide bonds. The molecule has 0 aliphatic carbocycles. The Morgan fingerprint density at radius 2 is 1.77 bits per heavy atom. The summed E-state index contributed by atoms with van der Waals surface area (Å²) in [5.74, 6) is -2.09. The van der Waals surface area contributed by atoms with Crippen LogP contribution >= 0.6 is 11.3 Å². The number of imide groups is 1. The number of aromatic nitrogens is 1. The molecule has 0 saturated carbocycles. The summed E-state index contributed by atoms with van der Waals surface area (Å²) >= 11 is 1.28. The molecule has 12 nitrogen and oxygen atoms in total. The molecule has 52 heavy (non-hydrogen) atoms. The molecule has 1 aromatic heterocycles. The van der Waals surface area contributed by atoms with Crippen molar-refractivity contribution < 1.29 is 28.4 Å². The number of halogens is 1. The molecule has 9 rings (SSSR count). The number of thiazole rings is 1. The molecule has 3 aromatic carbocycles. The van der Waals surface area contributed by atoms with E-state index in [0.29, 0.717) is 46.9 Å². The SMILES string of the molecule is O=C1CCC(N2Cc3cc(CN4C[C@@H]5C[C@H]4CN5c4ccc(-c5cc(F)c6c(c5)C(=O)N(CC(=O)Nc5nccs5)C6)cc4)ccc3C2=O)C(=O)N1. The van der Waals surface area contributed by atoms with Gasteiger partial charge in [-0.25, -0.2) is 9.37 Å². The van der Waals surface area contributed by atoms with Gasteiger partial charge in [0.25, 0.3) is 11.8 Å². The van der Waals surface area contributed by atoms with Gasteiger partial charge in [-0.05, 0) is 65.4 Å². The number of benzene rings is 3. The Morgan fingerprint density at radius 3 is 2.52 bits per heavy atom. The molecular formula is C38H34FN7O5S. The van der Waals surface area contributed by atoms with E-state index in [2.05, 4.69) is 31.5 Å². The fourth-order valence-corrected chi connectivity index (χ4v) is 8.94. The van der Waals surface area contributed by atoms with Gasteiger partial charge in [0.2, 0.25) is 17.7 Å². The maximum Gasteiger partial charge on any atom is 0.255 e. The number of piperidine rings is 1.